The Morgan fingerprint density at radius 2 is 2.22 bits per heavy atom. The lowest BCUT2D eigenvalue weighted by Gasteiger charge is -2.15. The molecule has 0 aromatic carbocycles. The van der Waals surface area contributed by atoms with Crippen molar-refractivity contribution >= 4 is 21.4 Å². The van der Waals surface area contributed by atoms with E-state index >= 15 is 0 Å². The maximum atomic E-state index is 12.2. The van der Waals surface area contributed by atoms with Gasteiger partial charge in [0.15, 0.2) is 0 Å². The van der Waals surface area contributed by atoms with Crippen LogP contribution in [0.5, 0.6) is 0 Å². The van der Waals surface area contributed by atoms with Gasteiger partial charge >= 0.3 is 0 Å². The Balaban J connectivity index is 2.74. The van der Waals surface area contributed by atoms with Crippen LogP contribution in [0.15, 0.2) is 29.0 Å². The lowest BCUT2D eigenvalue weighted by molar-refractivity contribution is 0.300. The van der Waals surface area contributed by atoms with Crippen molar-refractivity contribution in [3.8, 4) is 0 Å². The molecule has 0 fully saturated rings. The Hall–Kier alpha value is -0.690. The minimum atomic E-state index is -3.38. The molecule has 1 aromatic heterocycles. The third-order valence-electron chi connectivity index (χ3n) is 2.54. The molecule has 1 heterocycles. The highest BCUT2D eigenvalue weighted by molar-refractivity contribution is 7.91. The van der Waals surface area contributed by atoms with Gasteiger partial charge in [-0.25, -0.2) is 12.7 Å². The van der Waals surface area contributed by atoms with Crippen molar-refractivity contribution in [2.24, 2.45) is 0 Å². The van der Waals surface area contributed by atoms with Gasteiger partial charge in [-0.3, -0.25) is 0 Å². The quantitative estimate of drug-likeness (QED) is 0.587. The maximum Gasteiger partial charge on any atom is 0.252 e. The van der Waals surface area contributed by atoms with Gasteiger partial charge < -0.3 is 5.11 Å². The van der Waals surface area contributed by atoms with Gasteiger partial charge in [0.2, 0.25) is 0 Å². The van der Waals surface area contributed by atoms with Gasteiger partial charge in [0.1, 0.15) is 4.21 Å². The minimum Gasteiger partial charge on any atom is -0.396 e. The van der Waals surface area contributed by atoms with E-state index in [-0.39, 0.29) is 6.61 Å². The predicted octanol–water partition coefficient (Wildman–Crippen LogP) is 1.87. The van der Waals surface area contributed by atoms with Crippen molar-refractivity contribution in [2.45, 2.75) is 23.5 Å². The lowest BCUT2D eigenvalue weighted by atomic mass is 10.3. The van der Waals surface area contributed by atoms with E-state index in [4.69, 9.17) is 5.11 Å². The zero-order chi connectivity index (χ0) is 13.6. The molecule has 0 unspecified atom stereocenters. The molecule has 1 aromatic rings. The normalized spacial score (nSPS) is 11.9. The van der Waals surface area contributed by atoms with Crippen molar-refractivity contribution in [2.75, 3.05) is 20.2 Å². The number of aliphatic hydroxyl groups is 1. The van der Waals surface area contributed by atoms with Crippen molar-refractivity contribution in [1.29, 1.82) is 0 Å². The van der Waals surface area contributed by atoms with Gasteiger partial charge in [-0.2, -0.15) is 0 Å². The number of rotatable bonds is 8. The topological polar surface area (TPSA) is 57.6 Å². The summed E-state index contributed by atoms with van der Waals surface area (Å²) in [6.45, 7) is 4.14. The molecule has 0 radical (unpaired) electrons. The monoisotopic (exact) mass is 289 g/mol. The molecule has 102 valence electrons. The molecule has 0 amide bonds. The zero-order valence-electron chi connectivity index (χ0n) is 10.5. The fourth-order valence-corrected chi connectivity index (χ4v) is 4.24. The summed E-state index contributed by atoms with van der Waals surface area (Å²) < 4.78 is 26.1. The Kier molecular flexibility index (Phi) is 6.01. The molecule has 4 nitrogen and oxygen atoms in total. The summed E-state index contributed by atoms with van der Waals surface area (Å²) in [5.74, 6) is 0. The van der Waals surface area contributed by atoms with E-state index < -0.39 is 10.0 Å². The van der Waals surface area contributed by atoms with Crippen molar-refractivity contribution in [1.82, 2.24) is 4.31 Å². The number of allylic oxidation sites excluding steroid dienone is 1. The summed E-state index contributed by atoms with van der Waals surface area (Å²) in [6, 6.07) is 3.36. The highest BCUT2D eigenvalue weighted by Crippen LogP contribution is 2.24. The average Bonchev–Trinajstić information content (AvgIpc) is 2.79. The Morgan fingerprint density at radius 3 is 2.83 bits per heavy atom. The molecule has 0 saturated carbocycles. The molecule has 0 aliphatic heterocycles. The molecule has 1 rings (SSSR count). The van der Waals surface area contributed by atoms with Crippen LogP contribution >= 0.6 is 11.3 Å². The first kappa shape index (κ1) is 15.4. The van der Waals surface area contributed by atoms with Gasteiger partial charge in [-0.1, -0.05) is 6.08 Å². The molecular weight excluding hydrogens is 270 g/mol. The van der Waals surface area contributed by atoms with Gasteiger partial charge in [-0.05, 0) is 25.0 Å². The predicted molar refractivity (Wildman–Crippen MR) is 74.4 cm³/mol. The van der Waals surface area contributed by atoms with E-state index in [0.29, 0.717) is 17.2 Å². The second kappa shape index (κ2) is 7.04. The molecule has 0 aliphatic rings. The van der Waals surface area contributed by atoms with Gasteiger partial charge in [0.25, 0.3) is 10.0 Å². The van der Waals surface area contributed by atoms with Crippen LogP contribution in [0.25, 0.3) is 0 Å². The number of aliphatic hydroxyl groups excluding tert-OH is 1. The summed E-state index contributed by atoms with van der Waals surface area (Å²) in [5.41, 5.74) is 0. The van der Waals surface area contributed by atoms with Crippen LogP contribution in [-0.4, -0.2) is 38.0 Å². The number of thiophene rings is 1. The molecule has 0 spiro atoms. The molecule has 0 saturated heterocycles. The van der Waals surface area contributed by atoms with Crippen LogP contribution < -0.4 is 0 Å². The van der Waals surface area contributed by atoms with Gasteiger partial charge in [-0.15, -0.1) is 17.9 Å². The first-order chi connectivity index (χ1) is 8.52. The average molecular weight is 289 g/mol. The molecule has 18 heavy (non-hydrogen) atoms. The number of nitrogens with zero attached hydrogens (tertiary/aromatic N) is 1. The maximum absolute atomic E-state index is 12.2. The van der Waals surface area contributed by atoms with E-state index in [1.165, 1.54) is 15.6 Å². The second-order valence-corrected chi connectivity index (χ2v) is 7.39. The van der Waals surface area contributed by atoms with E-state index in [2.05, 4.69) is 6.58 Å². The zero-order valence-corrected chi connectivity index (χ0v) is 12.1. The summed E-state index contributed by atoms with van der Waals surface area (Å²) in [4.78, 5) is 0.885. The van der Waals surface area contributed by atoms with Crippen LogP contribution in [-0.2, 0) is 16.4 Å². The number of hydrogen-bond acceptors (Lipinski definition) is 4. The SMILES string of the molecule is C=CCCCN(C)S(=O)(=O)c1ccc(CCO)s1. The molecule has 0 aliphatic carbocycles. The largest absolute Gasteiger partial charge is 0.396 e. The van der Waals surface area contributed by atoms with Gasteiger partial charge in [0.05, 0.1) is 0 Å². The summed E-state index contributed by atoms with van der Waals surface area (Å²) in [6.07, 6.45) is 3.86. The van der Waals surface area contributed by atoms with Crippen molar-refractivity contribution < 1.29 is 13.5 Å². The minimum absolute atomic E-state index is 0.0369. The highest BCUT2D eigenvalue weighted by atomic mass is 32.2. The molecular formula is C12H19NO3S2. The Morgan fingerprint density at radius 1 is 1.50 bits per heavy atom. The molecule has 0 atom stereocenters. The third-order valence-corrected chi connectivity index (χ3v) is 6.01. The fourth-order valence-electron chi connectivity index (χ4n) is 1.47. The molecule has 6 heteroatoms. The fraction of sp³-hybridized carbons (Fsp3) is 0.500. The van der Waals surface area contributed by atoms with Crippen LogP contribution in [0.3, 0.4) is 0 Å². The number of unbranched alkanes of at least 4 members (excludes halogenated alkanes) is 1. The van der Waals surface area contributed by atoms with Crippen LogP contribution in [0.4, 0.5) is 0 Å². The first-order valence-corrected chi connectivity index (χ1v) is 8.05. The number of hydrogen-bond donors (Lipinski definition) is 1. The summed E-state index contributed by atoms with van der Waals surface area (Å²) >= 11 is 1.22. The van der Waals surface area contributed by atoms with Crippen molar-refractivity contribution in [3.05, 3.63) is 29.7 Å². The second-order valence-electron chi connectivity index (χ2n) is 3.95. The van der Waals surface area contributed by atoms with E-state index in [1.54, 1.807) is 25.3 Å². The number of sulfonamides is 1. The van der Waals surface area contributed by atoms with E-state index in [9.17, 15) is 8.42 Å². The highest BCUT2D eigenvalue weighted by Gasteiger charge is 2.22. The third kappa shape index (κ3) is 3.91. The van der Waals surface area contributed by atoms with E-state index in [1.807, 2.05) is 0 Å². The summed E-state index contributed by atoms with van der Waals surface area (Å²) in [7, 11) is -1.79. The smallest absolute Gasteiger partial charge is 0.252 e. The first-order valence-electron chi connectivity index (χ1n) is 5.79. The van der Waals surface area contributed by atoms with E-state index in [0.717, 1.165) is 17.7 Å². The van der Waals surface area contributed by atoms with Gasteiger partial charge in [0, 0.05) is 31.5 Å². The van der Waals surface area contributed by atoms with Crippen LogP contribution in [0.1, 0.15) is 17.7 Å². The Bertz CT molecular complexity index is 479. The summed E-state index contributed by atoms with van der Waals surface area (Å²) in [5, 5.41) is 8.82. The van der Waals surface area contributed by atoms with Crippen molar-refractivity contribution in [3.63, 3.8) is 0 Å². The molecule has 1 N–H and O–H groups in total. The standard InChI is InChI=1S/C12H19NO3S2/c1-3-4-5-9-13(2)18(15,16)12-7-6-11(17-12)8-10-14/h3,6-7,14H,1,4-5,8-10H2,2H3. The molecule has 0 bridgehead atoms. The lowest BCUT2D eigenvalue weighted by Crippen LogP contribution is -2.27. The Labute approximate surface area is 113 Å². The van der Waals surface area contributed by atoms with Crippen LogP contribution in [0.2, 0.25) is 0 Å². The van der Waals surface area contributed by atoms with Crippen LogP contribution in [0, 0.1) is 0 Å².